The number of amides is 3. The van der Waals surface area contributed by atoms with Gasteiger partial charge in [-0.15, -0.1) is 0 Å². The van der Waals surface area contributed by atoms with Crippen LogP contribution in [0.5, 0.6) is 0 Å². The maximum atomic E-state index is 13.0. The van der Waals surface area contributed by atoms with Crippen LogP contribution in [0.15, 0.2) is 28.8 Å². The first-order valence-corrected chi connectivity index (χ1v) is 9.05. The Labute approximate surface area is 157 Å². The molecule has 2 aromatic rings. The minimum Gasteiger partial charge on any atom is -0.359 e. The Morgan fingerprint density at radius 3 is 2.52 bits per heavy atom. The monoisotopic (exact) mass is 374 g/mol. The van der Waals surface area contributed by atoms with Crippen molar-refractivity contribution < 1.29 is 18.5 Å². The highest BCUT2D eigenvalue weighted by atomic mass is 19.1. The molecule has 1 aliphatic heterocycles. The standard InChI is InChI=1S/C19H23FN4O3/c1-3-16-17(13(2)27-22-16)21-19(26)24-10-4-9-23(11-12-24)18(25)14-5-7-15(20)8-6-14/h5-8H,3-4,9-12H2,1-2H3,(H,21,26). The largest absolute Gasteiger partial charge is 0.359 e. The zero-order valence-corrected chi connectivity index (χ0v) is 15.5. The molecule has 0 spiro atoms. The van der Waals surface area contributed by atoms with Gasteiger partial charge in [0.1, 0.15) is 17.2 Å². The van der Waals surface area contributed by atoms with E-state index in [9.17, 15) is 14.0 Å². The van der Waals surface area contributed by atoms with Crippen LogP contribution in [-0.2, 0) is 6.42 Å². The first-order valence-electron chi connectivity index (χ1n) is 9.05. The summed E-state index contributed by atoms with van der Waals surface area (Å²) in [5, 5.41) is 6.81. The fourth-order valence-corrected chi connectivity index (χ4v) is 3.10. The summed E-state index contributed by atoms with van der Waals surface area (Å²) in [4.78, 5) is 28.6. The van der Waals surface area contributed by atoms with Gasteiger partial charge in [-0.05, 0) is 44.0 Å². The molecular weight excluding hydrogens is 351 g/mol. The molecule has 3 amide bonds. The maximum absolute atomic E-state index is 13.0. The molecule has 0 atom stereocenters. The van der Waals surface area contributed by atoms with Gasteiger partial charge in [-0.2, -0.15) is 0 Å². The third-order valence-corrected chi connectivity index (χ3v) is 4.66. The number of carbonyl (C=O) groups excluding carboxylic acids is 2. The molecule has 0 unspecified atom stereocenters. The topological polar surface area (TPSA) is 78.7 Å². The highest BCUT2D eigenvalue weighted by Gasteiger charge is 2.24. The average Bonchev–Trinajstić information content (AvgIpc) is 2.87. The second-order valence-corrected chi connectivity index (χ2v) is 6.48. The maximum Gasteiger partial charge on any atom is 0.322 e. The van der Waals surface area contributed by atoms with Crippen molar-refractivity contribution in [3.05, 3.63) is 47.1 Å². The number of halogens is 1. The zero-order valence-electron chi connectivity index (χ0n) is 15.5. The number of hydrogen-bond acceptors (Lipinski definition) is 4. The Morgan fingerprint density at radius 2 is 1.81 bits per heavy atom. The Bertz CT molecular complexity index is 819. The van der Waals surface area contributed by atoms with Crippen molar-refractivity contribution in [3.63, 3.8) is 0 Å². The van der Waals surface area contributed by atoms with E-state index in [1.807, 2.05) is 6.92 Å². The number of nitrogens with zero attached hydrogens (tertiary/aromatic N) is 3. The number of rotatable bonds is 3. The molecule has 1 N–H and O–H groups in total. The fourth-order valence-electron chi connectivity index (χ4n) is 3.10. The lowest BCUT2D eigenvalue weighted by atomic mass is 10.2. The van der Waals surface area contributed by atoms with Crippen molar-refractivity contribution in [3.8, 4) is 0 Å². The Morgan fingerprint density at radius 1 is 1.15 bits per heavy atom. The molecule has 7 nitrogen and oxygen atoms in total. The van der Waals surface area contributed by atoms with Crippen molar-refractivity contribution in [1.82, 2.24) is 15.0 Å². The van der Waals surface area contributed by atoms with Crippen molar-refractivity contribution in [1.29, 1.82) is 0 Å². The third-order valence-electron chi connectivity index (χ3n) is 4.66. The smallest absolute Gasteiger partial charge is 0.322 e. The third kappa shape index (κ3) is 4.27. The summed E-state index contributed by atoms with van der Waals surface area (Å²) in [6.45, 7) is 5.64. The first-order chi connectivity index (χ1) is 13.0. The van der Waals surface area contributed by atoms with Gasteiger partial charge in [0.15, 0.2) is 5.76 Å². The summed E-state index contributed by atoms with van der Waals surface area (Å²) in [5.41, 5.74) is 1.77. The summed E-state index contributed by atoms with van der Waals surface area (Å²) in [7, 11) is 0. The molecule has 1 aromatic heterocycles. The number of anilines is 1. The summed E-state index contributed by atoms with van der Waals surface area (Å²) in [6.07, 6.45) is 1.33. The molecule has 8 heteroatoms. The summed E-state index contributed by atoms with van der Waals surface area (Å²) in [5.74, 6) is 0.0456. The number of aromatic nitrogens is 1. The van der Waals surface area contributed by atoms with Crippen LogP contribution in [0.25, 0.3) is 0 Å². The van der Waals surface area contributed by atoms with E-state index in [1.54, 1.807) is 16.7 Å². The van der Waals surface area contributed by atoms with Crippen LogP contribution in [0.4, 0.5) is 14.9 Å². The number of aryl methyl sites for hydroxylation is 2. The van der Waals surface area contributed by atoms with E-state index in [2.05, 4.69) is 10.5 Å². The highest BCUT2D eigenvalue weighted by molar-refractivity contribution is 5.94. The predicted molar refractivity (Wildman–Crippen MR) is 98.1 cm³/mol. The normalized spacial score (nSPS) is 14.8. The van der Waals surface area contributed by atoms with Crippen LogP contribution < -0.4 is 5.32 Å². The van der Waals surface area contributed by atoms with Crippen molar-refractivity contribution in [2.75, 3.05) is 31.5 Å². The molecule has 1 aromatic carbocycles. The summed E-state index contributed by atoms with van der Waals surface area (Å²) >= 11 is 0. The molecule has 144 valence electrons. The van der Waals surface area contributed by atoms with Gasteiger partial charge in [0.2, 0.25) is 0 Å². The SMILES string of the molecule is CCc1noc(C)c1NC(=O)N1CCCN(C(=O)c2ccc(F)cc2)CC1. The second kappa shape index (κ2) is 8.20. The van der Waals surface area contributed by atoms with Gasteiger partial charge in [0.25, 0.3) is 5.91 Å². The van der Waals surface area contributed by atoms with Gasteiger partial charge in [0, 0.05) is 31.7 Å². The molecule has 2 heterocycles. The van der Waals surface area contributed by atoms with Crippen LogP contribution in [0.1, 0.15) is 35.2 Å². The van der Waals surface area contributed by atoms with Crippen molar-refractivity contribution >= 4 is 17.6 Å². The van der Waals surface area contributed by atoms with Crippen LogP contribution >= 0.6 is 0 Å². The molecule has 0 saturated carbocycles. The van der Waals surface area contributed by atoms with E-state index in [1.165, 1.54) is 24.3 Å². The van der Waals surface area contributed by atoms with Gasteiger partial charge in [-0.25, -0.2) is 9.18 Å². The second-order valence-electron chi connectivity index (χ2n) is 6.48. The predicted octanol–water partition coefficient (Wildman–Crippen LogP) is 3.06. The Balaban J connectivity index is 1.62. The lowest BCUT2D eigenvalue weighted by Crippen LogP contribution is -2.39. The number of carbonyl (C=O) groups is 2. The number of benzene rings is 1. The molecule has 0 aliphatic carbocycles. The van der Waals surface area contributed by atoms with Crippen LogP contribution in [0.2, 0.25) is 0 Å². The molecule has 1 saturated heterocycles. The van der Waals surface area contributed by atoms with E-state index in [-0.39, 0.29) is 17.8 Å². The van der Waals surface area contributed by atoms with E-state index in [0.29, 0.717) is 61.7 Å². The van der Waals surface area contributed by atoms with E-state index >= 15 is 0 Å². The fraction of sp³-hybridized carbons (Fsp3) is 0.421. The average molecular weight is 374 g/mol. The lowest BCUT2D eigenvalue weighted by Gasteiger charge is -2.22. The minimum atomic E-state index is -0.374. The molecule has 1 aliphatic rings. The van der Waals surface area contributed by atoms with Crippen molar-refractivity contribution in [2.45, 2.75) is 26.7 Å². The minimum absolute atomic E-state index is 0.152. The molecule has 27 heavy (non-hydrogen) atoms. The molecule has 3 rings (SSSR count). The van der Waals surface area contributed by atoms with E-state index in [0.717, 1.165) is 0 Å². The zero-order chi connectivity index (χ0) is 19.4. The Hall–Kier alpha value is -2.90. The van der Waals surface area contributed by atoms with Gasteiger partial charge < -0.3 is 19.6 Å². The van der Waals surface area contributed by atoms with E-state index in [4.69, 9.17) is 4.52 Å². The van der Waals surface area contributed by atoms with Gasteiger partial charge >= 0.3 is 6.03 Å². The summed E-state index contributed by atoms with van der Waals surface area (Å²) in [6, 6.07) is 5.28. The van der Waals surface area contributed by atoms with Gasteiger partial charge in [0.05, 0.1) is 0 Å². The molecule has 1 fully saturated rings. The van der Waals surface area contributed by atoms with Crippen LogP contribution in [0.3, 0.4) is 0 Å². The van der Waals surface area contributed by atoms with Gasteiger partial charge in [-0.3, -0.25) is 4.79 Å². The molecule has 0 bridgehead atoms. The Kier molecular flexibility index (Phi) is 5.73. The number of hydrogen-bond donors (Lipinski definition) is 1. The number of urea groups is 1. The van der Waals surface area contributed by atoms with E-state index < -0.39 is 0 Å². The lowest BCUT2D eigenvalue weighted by molar-refractivity contribution is 0.0762. The quantitative estimate of drug-likeness (QED) is 0.896. The van der Waals surface area contributed by atoms with Crippen LogP contribution in [-0.4, -0.2) is 53.1 Å². The van der Waals surface area contributed by atoms with Crippen molar-refractivity contribution in [2.24, 2.45) is 0 Å². The number of nitrogens with one attached hydrogen (secondary N) is 1. The first kappa shape index (κ1) is 18.9. The highest BCUT2D eigenvalue weighted by Crippen LogP contribution is 2.21. The molecular formula is C19H23FN4O3. The summed E-state index contributed by atoms with van der Waals surface area (Å²) < 4.78 is 18.2. The van der Waals surface area contributed by atoms with Gasteiger partial charge in [-0.1, -0.05) is 12.1 Å². The molecule has 0 radical (unpaired) electrons. The van der Waals surface area contributed by atoms with Crippen LogP contribution in [0, 0.1) is 12.7 Å².